The fourth-order valence-corrected chi connectivity index (χ4v) is 15.6. The molecule has 8 nitrogen and oxygen atoms in total. The normalized spacial score (nSPS) is 16.9. The summed E-state index contributed by atoms with van der Waals surface area (Å²) < 4.78 is 21.3. The molecule has 364 valence electrons. The Morgan fingerprint density at radius 2 is 1.32 bits per heavy atom. The molecule has 0 saturated heterocycles. The third-order valence-electron chi connectivity index (χ3n) is 14.3. The van der Waals surface area contributed by atoms with Gasteiger partial charge in [-0.2, -0.15) is 0 Å². The molecule has 8 aromatic rings. The number of para-hydroxylation sites is 1. The van der Waals surface area contributed by atoms with E-state index in [2.05, 4.69) is 157 Å². The SMILES string of the molecule is CCN(CC(=O)NCC[P+](c1ccccc1)(c1ccccc1)c1ccccc1)c1ccc2cc(-c3nc4ccccc4s3)c(=NCCc3ccc4c(c3)OC3CCCCCCCCCCC(C3)O4)oc2c1. The highest BCUT2D eigenvalue weighted by Gasteiger charge is 2.45. The molecule has 1 aliphatic carbocycles. The van der Waals surface area contributed by atoms with Crippen molar-refractivity contribution in [3.8, 4) is 22.1 Å². The third kappa shape index (κ3) is 11.6. The number of amides is 1. The van der Waals surface area contributed by atoms with Crippen LogP contribution >= 0.6 is 18.6 Å². The number of rotatable bonds is 14. The molecule has 0 spiro atoms. The Morgan fingerprint density at radius 3 is 1.97 bits per heavy atom. The molecular formula is C61H66N4O4PS+. The Morgan fingerprint density at radius 1 is 0.704 bits per heavy atom. The van der Waals surface area contributed by atoms with Gasteiger partial charge in [0, 0.05) is 36.7 Å². The highest BCUT2D eigenvalue weighted by molar-refractivity contribution is 7.95. The number of likely N-dealkylation sites (N-methyl/N-ethyl adjacent to an activating group) is 1. The highest BCUT2D eigenvalue weighted by Crippen LogP contribution is 2.54. The van der Waals surface area contributed by atoms with Gasteiger partial charge in [0.2, 0.25) is 11.5 Å². The molecule has 2 aliphatic rings. The molecule has 2 unspecified atom stereocenters. The number of carbonyl (C=O) groups excluding carboxylic acids is 1. The van der Waals surface area contributed by atoms with Gasteiger partial charge in [0.15, 0.2) is 11.5 Å². The van der Waals surface area contributed by atoms with E-state index < -0.39 is 7.26 Å². The molecule has 1 saturated carbocycles. The number of aromatic nitrogens is 1. The number of nitrogens with zero attached hydrogens (tertiary/aromatic N) is 3. The predicted octanol–water partition coefficient (Wildman–Crippen LogP) is 12.6. The van der Waals surface area contributed by atoms with Gasteiger partial charge in [0.1, 0.15) is 46.0 Å². The van der Waals surface area contributed by atoms with Crippen LogP contribution in [-0.2, 0) is 11.2 Å². The molecule has 1 fully saturated rings. The van der Waals surface area contributed by atoms with Crippen molar-refractivity contribution in [3.05, 3.63) is 169 Å². The van der Waals surface area contributed by atoms with E-state index in [9.17, 15) is 4.79 Å². The monoisotopic (exact) mass is 981 g/mol. The van der Waals surface area contributed by atoms with Gasteiger partial charge >= 0.3 is 0 Å². The Kier molecular flexibility index (Phi) is 15.9. The lowest BCUT2D eigenvalue weighted by molar-refractivity contribution is -0.119. The van der Waals surface area contributed by atoms with Crippen molar-refractivity contribution in [3.63, 3.8) is 0 Å². The van der Waals surface area contributed by atoms with E-state index in [-0.39, 0.29) is 24.7 Å². The largest absolute Gasteiger partial charge is 0.486 e. The summed E-state index contributed by atoms with van der Waals surface area (Å²) in [6, 6.07) is 55.5. The summed E-state index contributed by atoms with van der Waals surface area (Å²) in [5, 5.41) is 9.05. The molecule has 3 heterocycles. The predicted molar refractivity (Wildman–Crippen MR) is 296 cm³/mol. The van der Waals surface area contributed by atoms with Crippen LogP contribution in [0.5, 0.6) is 11.5 Å². The molecule has 10 heteroatoms. The van der Waals surface area contributed by atoms with Crippen molar-refractivity contribution in [1.82, 2.24) is 10.3 Å². The minimum atomic E-state index is -2.08. The van der Waals surface area contributed by atoms with E-state index in [1.54, 1.807) is 11.3 Å². The van der Waals surface area contributed by atoms with Crippen LogP contribution in [0.1, 0.15) is 83.1 Å². The average Bonchev–Trinajstić information content (AvgIpc) is 3.77. The quantitative estimate of drug-likeness (QED) is 0.109. The smallest absolute Gasteiger partial charge is 0.239 e. The van der Waals surface area contributed by atoms with Crippen molar-refractivity contribution < 1.29 is 18.7 Å². The zero-order chi connectivity index (χ0) is 48.2. The fourth-order valence-electron chi connectivity index (χ4n) is 10.5. The number of ether oxygens (including phenoxy) is 2. The summed E-state index contributed by atoms with van der Waals surface area (Å²) in [5.74, 6) is 1.70. The van der Waals surface area contributed by atoms with Gasteiger partial charge in [-0.3, -0.25) is 9.79 Å². The van der Waals surface area contributed by atoms with Crippen LogP contribution in [0.4, 0.5) is 5.69 Å². The first-order valence-electron chi connectivity index (χ1n) is 26.0. The van der Waals surface area contributed by atoms with Crippen LogP contribution in [0.3, 0.4) is 0 Å². The van der Waals surface area contributed by atoms with Gasteiger partial charge in [-0.25, -0.2) is 4.98 Å². The zero-order valence-electron chi connectivity index (χ0n) is 41.0. The van der Waals surface area contributed by atoms with E-state index in [1.807, 2.05) is 18.2 Å². The molecule has 2 aromatic heterocycles. The maximum atomic E-state index is 13.9. The third-order valence-corrected chi connectivity index (χ3v) is 19.8. The molecule has 1 aliphatic heterocycles. The van der Waals surface area contributed by atoms with Gasteiger partial charge in [-0.05, 0) is 123 Å². The van der Waals surface area contributed by atoms with Gasteiger partial charge < -0.3 is 24.1 Å². The van der Waals surface area contributed by atoms with E-state index in [1.165, 1.54) is 67.3 Å². The molecule has 1 N–H and O–H groups in total. The summed E-state index contributed by atoms with van der Waals surface area (Å²) in [5.41, 5.74) is 5.13. The van der Waals surface area contributed by atoms with E-state index in [4.69, 9.17) is 23.9 Å². The number of benzene rings is 6. The number of thiazole rings is 1. The minimum absolute atomic E-state index is 0.0195. The molecule has 6 aromatic carbocycles. The van der Waals surface area contributed by atoms with Gasteiger partial charge in [0.05, 0.1) is 35.0 Å². The van der Waals surface area contributed by atoms with E-state index in [0.717, 1.165) is 74.3 Å². The molecule has 2 atom stereocenters. The van der Waals surface area contributed by atoms with Gasteiger partial charge in [0.25, 0.3) is 0 Å². The second-order valence-electron chi connectivity index (χ2n) is 19.1. The van der Waals surface area contributed by atoms with Gasteiger partial charge in [-0.1, -0.05) is 111 Å². The van der Waals surface area contributed by atoms with Crippen molar-refractivity contribution in [2.45, 2.75) is 96.2 Å². The molecule has 2 bridgehead atoms. The second kappa shape index (κ2) is 23.3. The molecule has 0 radical (unpaired) electrons. The Balaban J connectivity index is 0.883. The second-order valence-corrected chi connectivity index (χ2v) is 23.8. The standard InChI is InChI=1S/C61H65N4O4PS/c1-2-65(44-59(66)62-38-39-70(50-24-14-9-15-25-50,51-26-16-10-17-27-51)52-28-18-11-19-29-52)47-34-33-46-41-53(61-64-54-30-20-21-31-58(54)71-61)60(69-56(46)42-47)63-37-36-45-32-35-55-57(40-45)68-49-23-13-8-6-4-3-5-7-12-22-48(43-49)67-55/h9-11,14-21,24-35,40-42,48-49H,2-8,12-13,22-23,36-39,43-44H2,1H3/p+1. The van der Waals surface area contributed by atoms with E-state index in [0.29, 0.717) is 37.2 Å². The molecular weight excluding hydrogens is 916 g/mol. The molecule has 10 rings (SSSR count). The lowest BCUT2D eigenvalue weighted by atomic mass is 10.0. The lowest BCUT2D eigenvalue weighted by Gasteiger charge is -2.28. The first-order chi connectivity index (χ1) is 35.0. The van der Waals surface area contributed by atoms with Crippen LogP contribution < -0.4 is 41.2 Å². The summed E-state index contributed by atoms with van der Waals surface area (Å²) in [6.45, 7) is 4.01. The average molecular weight is 982 g/mol. The number of hydrogen-bond acceptors (Lipinski definition) is 8. The lowest BCUT2D eigenvalue weighted by Crippen LogP contribution is -2.41. The van der Waals surface area contributed by atoms with Crippen LogP contribution in [0, 0.1) is 0 Å². The molecule has 71 heavy (non-hydrogen) atoms. The fraction of sp³-hybridized carbons (Fsp3) is 0.328. The summed E-state index contributed by atoms with van der Waals surface area (Å²) in [6.07, 6.45) is 15.3. The van der Waals surface area contributed by atoms with Crippen molar-refractivity contribution in [2.75, 3.05) is 37.2 Å². The summed E-state index contributed by atoms with van der Waals surface area (Å²) >= 11 is 1.65. The van der Waals surface area contributed by atoms with Gasteiger partial charge in [-0.15, -0.1) is 11.3 Å². The Labute approximate surface area is 423 Å². The van der Waals surface area contributed by atoms with E-state index >= 15 is 0 Å². The highest BCUT2D eigenvalue weighted by atomic mass is 32.1. The Bertz CT molecular complexity index is 2960. The van der Waals surface area contributed by atoms with Crippen molar-refractivity contribution >= 4 is 67.3 Å². The number of fused-ring (bicyclic) bond motifs is 5. The van der Waals surface area contributed by atoms with Crippen LogP contribution in [0.25, 0.3) is 31.8 Å². The number of carbonyl (C=O) groups is 1. The number of nitrogens with one attached hydrogen (secondary N) is 1. The number of anilines is 1. The van der Waals surface area contributed by atoms with Crippen molar-refractivity contribution in [2.24, 2.45) is 4.99 Å². The number of hydrogen-bond donors (Lipinski definition) is 1. The Hall–Kier alpha value is -6.28. The maximum absolute atomic E-state index is 13.9. The summed E-state index contributed by atoms with van der Waals surface area (Å²) in [4.78, 5) is 26.3. The van der Waals surface area contributed by atoms with Crippen LogP contribution in [0.15, 0.2) is 167 Å². The summed E-state index contributed by atoms with van der Waals surface area (Å²) in [7, 11) is -2.08. The van der Waals surface area contributed by atoms with Crippen LogP contribution in [0.2, 0.25) is 0 Å². The molecule has 1 amide bonds. The first-order valence-corrected chi connectivity index (χ1v) is 28.8. The van der Waals surface area contributed by atoms with Crippen LogP contribution in [-0.4, -0.2) is 55.4 Å². The first kappa shape index (κ1) is 48.4. The van der Waals surface area contributed by atoms with Crippen molar-refractivity contribution in [1.29, 1.82) is 0 Å². The zero-order valence-corrected chi connectivity index (χ0v) is 42.7. The minimum Gasteiger partial charge on any atom is -0.486 e. The maximum Gasteiger partial charge on any atom is 0.239 e. The topological polar surface area (TPSA) is 89.2 Å².